The minimum Gasteiger partial charge on any atom is -0.493 e. The number of alkyl halides is 2. The summed E-state index contributed by atoms with van der Waals surface area (Å²) in [6, 6.07) is -0.0685. The Labute approximate surface area is 258 Å². The van der Waals surface area contributed by atoms with E-state index >= 15 is 8.78 Å². The van der Waals surface area contributed by atoms with Gasteiger partial charge in [-0.3, -0.25) is 14.9 Å². The number of benzene rings is 1. The largest absolute Gasteiger partial charge is 0.493 e. The van der Waals surface area contributed by atoms with Crippen molar-refractivity contribution in [2.45, 2.75) is 62.4 Å². The second-order valence-corrected chi connectivity index (χ2v) is 12.4. The van der Waals surface area contributed by atoms with Crippen molar-refractivity contribution in [2.75, 3.05) is 38.2 Å². The Kier molecular flexibility index (Phi) is 6.21. The van der Waals surface area contributed by atoms with Crippen LogP contribution in [0.3, 0.4) is 0 Å². The molecular weight excluding hydrogens is 595 g/mol. The van der Waals surface area contributed by atoms with Crippen molar-refractivity contribution < 1.29 is 34.2 Å². The lowest BCUT2D eigenvalue weighted by atomic mass is 9.95. The van der Waals surface area contributed by atoms with Crippen molar-refractivity contribution in [3.05, 3.63) is 42.1 Å². The number of nitrogens with zero attached hydrogens (tertiary/aromatic N) is 6. The lowest BCUT2D eigenvalue weighted by Crippen LogP contribution is -2.43. The van der Waals surface area contributed by atoms with Gasteiger partial charge in [-0.05, 0) is 38.3 Å². The quantitative estimate of drug-likeness (QED) is 0.243. The van der Waals surface area contributed by atoms with Crippen LogP contribution in [0.15, 0.2) is 24.7 Å². The predicted octanol–water partition coefficient (Wildman–Crippen LogP) is 5.95. The van der Waals surface area contributed by atoms with Crippen LogP contribution in [0.5, 0.6) is 11.8 Å². The Hall–Kier alpha value is -3.87. The number of pyridine rings is 2. The fraction of sp³-hybridized carbons (Fsp3) is 0.500. The molecule has 4 aliphatic rings. The van der Waals surface area contributed by atoms with Crippen molar-refractivity contribution in [2.24, 2.45) is 5.92 Å². The van der Waals surface area contributed by atoms with E-state index in [-0.39, 0.29) is 57.6 Å². The molecule has 236 valence electrons. The zero-order valence-corrected chi connectivity index (χ0v) is 24.4. The maximum atomic E-state index is 16.8. The second kappa shape index (κ2) is 10.6. The Morgan fingerprint density at radius 2 is 1.93 bits per heavy atom. The average Bonchev–Trinajstić information content (AvgIpc) is 3.39. The summed E-state index contributed by atoms with van der Waals surface area (Å²) in [5.41, 5.74) is -1.86. The molecule has 0 unspecified atom stereocenters. The molecule has 1 saturated carbocycles. The number of halogens is 5. The average molecular weight is 629 g/mol. The molecule has 3 aliphatic heterocycles. The van der Waals surface area contributed by atoms with Crippen LogP contribution in [0.25, 0.3) is 32.9 Å². The molecule has 0 spiro atoms. The van der Waals surface area contributed by atoms with Crippen LogP contribution < -0.4 is 14.4 Å². The second-order valence-electron chi connectivity index (χ2n) is 12.4. The summed E-state index contributed by atoms with van der Waals surface area (Å²) in [4.78, 5) is 20.8. The number of rotatable bonds is 6. The number of ether oxygens (including phenoxy) is 2. The van der Waals surface area contributed by atoms with Crippen LogP contribution in [-0.4, -0.2) is 82.1 Å². The highest BCUT2D eigenvalue weighted by Gasteiger charge is 2.56. The van der Waals surface area contributed by atoms with Crippen LogP contribution in [0.2, 0.25) is 0 Å². The first-order chi connectivity index (χ1) is 22.5. The van der Waals surface area contributed by atoms with Gasteiger partial charge in [0.1, 0.15) is 35.9 Å². The third kappa shape index (κ3) is 4.48. The van der Waals surface area contributed by atoms with Gasteiger partial charge in [0.25, 0.3) is 0 Å². The van der Waals surface area contributed by atoms with E-state index in [2.05, 4.69) is 19.9 Å². The predicted molar refractivity (Wildman–Crippen MR) is 156 cm³/mol. The van der Waals surface area contributed by atoms with Gasteiger partial charge in [-0.15, -0.1) is 0 Å². The van der Waals surface area contributed by atoms with E-state index < -0.39 is 59.7 Å². The van der Waals surface area contributed by atoms with E-state index in [9.17, 15) is 13.2 Å². The summed E-state index contributed by atoms with van der Waals surface area (Å²) >= 11 is 0. The first-order valence-electron chi connectivity index (χ1n) is 16.2. The highest BCUT2D eigenvalue weighted by Crippen LogP contribution is 2.48. The molecule has 8 nitrogen and oxygen atoms in total. The normalized spacial score (nSPS) is 28.9. The first kappa shape index (κ1) is 26.4. The maximum absolute atomic E-state index is 16.8. The van der Waals surface area contributed by atoms with Gasteiger partial charge in [0.05, 0.1) is 26.8 Å². The topological polar surface area (TPSA) is 76.5 Å². The standard InChI is InChI=1S/C32H31F5N6O2/c1-44-29-22-16(9-21(34)24(29)36)11-38-12-19(22)26-25(37)27-20(13-39-26)30(43-8-3-2-5-18-23(35)28(18)43)41-31(40-27)45-15-32-6-4-7-42(32)14-17(33)10-32/h9,11-13,17-18,23,28H,2-8,10,14-15H2,1H3/t17-,18+,23+,28+,32+/m1/s1/i15D2. The van der Waals surface area contributed by atoms with Crippen LogP contribution in [-0.2, 0) is 0 Å². The minimum absolute atomic E-state index is 0.00288. The molecule has 3 saturated heterocycles. The van der Waals surface area contributed by atoms with Gasteiger partial charge < -0.3 is 14.4 Å². The minimum atomic E-state index is -2.46. The van der Waals surface area contributed by atoms with Gasteiger partial charge in [0.2, 0.25) is 5.82 Å². The van der Waals surface area contributed by atoms with Crippen LogP contribution >= 0.6 is 0 Å². The van der Waals surface area contributed by atoms with Gasteiger partial charge in [-0.25, -0.2) is 17.6 Å². The number of methoxy groups -OCH3 is 1. The van der Waals surface area contributed by atoms with Gasteiger partial charge in [0, 0.05) is 60.4 Å². The van der Waals surface area contributed by atoms with E-state index in [4.69, 9.17) is 12.2 Å². The van der Waals surface area contributed by atoms with E-state index in [0.29, 0.717) is 32.4 Å². The maximum Gasteiger partial charge on any atom is 0.319 e. The number of hydrogen-bond donors (Lipinski definition) is 0. The van der Waals surface area contributed by atoms with Crippen molar-refractivity contribution in [1.82, 2.24) is 24.8 Å². The molecule has 3 aromatic heterocycles. The molecule has 4 aromatic rings. The highest BCUT2D eigenvalue weighted by molar-refractivity contribution is 6.01. The van der Waals surface area contributed by atoms with Crippen LogP contribution in [0.1, 0.15) is 41.3 Å². The van der Waals surface area contributed by atoms with Crippen LogP contribution in [0, 0.1) is 23.4 Å². The Bertz CT molecular complexity index is 1920. The molecule has 5 atom stereocenters. The molecule has 13 heteroatoms. The lowest BCUT2D eigenvalue weighted by molar-refractivity contribution is 0.107. The monoisotopic (exact) mass is 628 g/mol. The van der Waals surface area contributed by atoms with Crippen molar-refractivity contribution in [1.29, 1.82) is 0 Å². The molecule has 0 radical (unpaired) electrons. The third-order valence-corrected chi connectivity index (χ3v) is 9.78. The zero-order valence-electron chi connectivity index (χ0n) is 26.4. The van der Waals surface area contributed by atoms with E-state index in [1.807, 2.05) is 0 Å². The molecule has 0 bridgehead atoms. The molecule has 0 amide bonds. The van der Waals surface area contributed by atoms with Gasteiger partial charge in [-0.1, -0.05) is 6.42 Å². The van der Waals surface area contributed by atoms with Crippen molar-refractivity contribution >= 4 is 27.5 Å². The summed E-state index contributed by atoms with van der Waals surface area (Å²) in [6.07, 6.45) is 4.69. The fourth-order valence-electron chi connectivity index (χ4n) is 7.61. The summed E-state index contributed by atoms with van der Waals surface area (Å²) in [7, 11) is 1.16. The molecule has 45 heavy (non-hydrogen) atoms. The van der Waals surface area contributed by atoms with E-state index in [1.165, 1.54) is 18.6 Å². The smallest absolute Gasteiger partial charge is 0.319 e. The van der Waals surface area contributed by atoms with E-state index in [0.717, 1.165) is 26.0 Å². The van der Waals surface area contributed by atoms with Gasteiger partial charge in [0.15, 0.2) is 17.4 Å². The van der Waals surface area contributed by atoms with Gasteiger partial charge >= 0.3 is 6.01 Å². The SMILES string of the molecule is [2H]C([2H])(Oc1nc(N2CCCC[C@H]3[C@H](F)[C@H]32)c2cnc(-c3cncc4cc(F)c(F)c(OC)c34)c(F)c2n1)[C@@]12CCCN1C[C@H](F)C2. The molecular formula is C32H31F5N6O2. The molecule has 8 rings (SSSR count). The fourth-order valence-corrected chi connectivity index (χ4v) is 7.61. The summed E-state index contributed by atoms with van der Waals surface area (Å²) in [6.45, 7) is -1.45. The molecule has 1 aliphatic carbocycles. The number of hydrogen-bond acceptors (Lipinski definition) is 8. The Balaban J connectivity index is 1.31. The van der Waals surface area contributed by atoms with Crippen molar-refractivity contribution in [3.63, 3.8) is 0 Å². The Morgan fingerprint density at radius 1 is 1.07 bits per heavy atom. The number of anilines is 1. The van der Waals surface area contributed by atoms with E-state index in [1.54, 1.807) is 9.80 Å². The van der Waals surface area contributed by atoms with Gasteiger partial charge in [-0.2, -0.15) is 14.4 Å². The van der Waals surface area contributed by atoms with Crippen LogP contribution in [0.4, 0.5) is 27.8 Å². The number of aromatic nitrogens is 4. The summed E-state index contributed by atoms with van der Waals surface area (Å²) < 4.78 is 105. The lowest BCUT2D eigenvalue weighted by Gasteiger charge is -2.31. The molecule has 6 heterocycles. The molecule has 0 N–H and O–H groups in total. The zero-order chi connectivity index (χ0) is 32.8. The summed E-state index contributed by atoms with van der Waals surface area (Å²) in [5.74, 6) is -3.95. The Morgan fingerprint density at radius 3 is 2.78 bits per heavy atom. The third-order valence-electron chi connectivity index (χ3n) is 9.78. The summed E-state index contributed by atoms with van der Waals surface area (Å²) in [5, 5.41) is 0.313. The first-order valence-corrected chi connectivity index (χ1v) is 15.2. The number of fused-ring (bicyclic) bond motifs is 4. The van der Waals surface area contributed by atoms with Crippen molar-refractivity contribution in [3.8, 4) is 23.0 Å². The highest BCUT2D eigenvalue weighted by atomic mass is 19.2. The molecule has 1 aromatic carbocycles. The molecule has 4 fully saturated rings.